The number of hydrogen-bond acceptors (Lipinski definition) is 3. The molecule has 1 aromatic rings. The van der Waals surface area contributed by atoms with Crippen molar-refractivity contribution in [2.75, 3.05) is 33.4 Å². The summed E-state index contributed by atoms with van der Waals surface area (Å²) in [5.41, 5.74) is 2.73. The Kier molecular flexibility index (Phi) is 5.83. The van der Waals surface area contributed by atoms with Crippen LogP contribution >= 0.6 is 0 Å². The van der Waals surface area contributed by atoms with Crippen molar-refractivity contribution in [3.63, 3.8) is 0 Å². The van der Waals surface area contributed by atoms with Crippen LogP contribution in [0.2, 0.25) is 0 Å². The van der Waals surface area contributed by atoms with Crippen molar-refractivity contribution in [1.82, 2.24) is 4.90 Å². The third kappa shape index (κ3) is 4.03. The quantitative estimate of drug-likeness (QED) is 0.719. The van der Waals surface area contributed by atoms with Crippen LogP contribution in [0.4, 0.5) is 0 Å². The minimum atomic E-state index is 0.276. The van der Waals surface area contributed by atoms with Crippen LogP contribution in [0.25, 0.3) is 0 Å². The predicted octanol–water partition coefficient (Wildman–Crippen LogP) is 3.01. The number of ether oxygens (including phenoxy) is 2. The molecule has 19 heavy (non-hydrogen) atoms. The Morgan fingerprint density at radius 1 is 1.26 bits per heavy atom. The fraction of sp³-hybridized carbons (Fsp3) is 0.625. The molecule has 3 nitrogen and oxygen atoms in total. The maximum Gasteiger partial charge on any atom is 0.0845 e. The van der Waals surface area contributed by atoms with Gasteiger partial charge in [-0.2, -0.15) is 0 Å². The van der Waals surface area contributed by atoms with Crippen molar-refractivity contribution < 1.29 is 9.47 Å². The summed E-state index contributed by atoms with van der Waals surface area (Å²) in [4.78, 5) is 2.47. The summed E-state index contributed by atoms with van der Waals surface area (Å²) in [5, 5.41) is 0. The second-order valence-corrected chi connectivity index (χ2v) is 5.12. The molecule has 1 aromatic carbocycles. The molecule has 0 spiro atoms. The molecule has 0 saturated carbocycles. The second-order valence-electron chi connectivity index (χ2n) is 5.12. The summed E-state index contributed by atoms with van der Waals surface area (Å²) in [5.74, 6) is 0. The van der Waals surface area contributed by atoms with E-state index in [9.17, 15) is 0 Å². The van der Waals surface area contributed by atoms with Gasteiger partial charge in [-0.1, -0.05) is 31.2 Å². The van der Waals surface area contributed by atoms with Gasteiger partial charge in [0.1, 0.15) is 0 Å². The zero-order valence-electron chi connectivity index (χ0n) is 12.1. The molecule has 0 bridgehead atoms. The van der Waals surface area contributed by atoms with Crippen LogP contribution < -0.4 is 0 Å². The lowest BCUT2D eigenvalue weighted by atomic mass is 10.0. The number of rotatable bonds is 8. The molecule has 1 unspecified atom stereocenters. The molecule has 1 atom stereocenters. The van der Waals surface area contributed by atoms with E-state index in [1.807, 2.05) is 0 Å². The normalized spacial score (nSPS) is 17.9. The summed E-state index contributed by atoms with van der Waals surface area (Å²) in [7, 11) is 1.76. The van der Waals surface area contributed by atoms with Crippen LogP contribution in [0.1, 0.15) is 37.0 Å². The van der Waals surface area contributed by atoms with Crippen molar-refractivity contribution >= 4 is 0 Å². The summed E-state index contributed by atoms with van der Waals surface area (Å²) < 4.78 is 11.1. The maximum absolute atomic E-state index is 5.90. The Labute approximate surface area is 116 Å². The lowest BCUT2D eigenvalue weighted by molar-refractivity contribution is 0.0486. The van der Waals surface area contributed by atoms with Crippen LogP contribution in [0.15, 0.2) is 24.3 Å². The van der Waals surface area contributed by atoms with Gasteiger partial charge in [-0.25, -0.2) is 0 Å². The highest BCUT2D eigenvalue weighted by molar-refractivity contribution is 5.31. The van der Waals surface area contributed by atoms with Gasteiger partial charge < -0.3 is 14.4 Å². The first-order valence-electron chi connectivity index (χ1n) is 7.25. The van der Waals surface area contributed by atoms with Gasteiger partial charge in [0.15, 0.2) is 0 Å². The second kappa shape index (κ2) is 7.63. The number of fused-ring (bicyclic) bond motifs is 1. The number of benzene rings is 1. The topological polar surface area (TPSA) is 21.7 Å². The Morgan fingerprint density at radius 2 is 2.11 bits per heavy atom. The predicted molar refractivity (Wildman–Crippen MR) is 77.2 cm³/mol. The Balaban J connectivity index is 1.84. The molecule has 0 fully saturated rings. The molecular formula is C16H25NO2. The monoisotopic (exact) mass is 263 g/mol. The first kappa shape index (κ1) is 14.5. The van der Waals surface area contributed by atoms with Crippen molar-refractivity contribution in [1.29, 1.82) is 0 Å². The zero-order valence-corrected chi connectivity index (χ0v) is 12.1. The average molecular weight is 263 g/mol. The smallest absolute Gasteiger partial charge is 0.0845 e. The first-order valence-corrected chi connectivity index (χ1v) is 7.25. The van der Waals surface area contributed by atoms with Gasteiger partial charge in [-0.05, 0) is 30.5 Å². The van der Waals surface area contributed by atoms with Gasteiger partial charge >= 0.3 is 0 Å². The van der Waals surface area contributed by atoms with Crippen LogP contribution in [0, 0.1) is 0 Å². The molecule has 3 heteroatoms. The minimum Gasteiger partial charge on any atom is -0.383 e. The molecule has 2 rings (SSSR count). The summed E-state index contributed by atoms with van der Waals surface area (Å²) >= 11 is 0. The fourth-order valence-electron chi connectivity index (χ4n) is 2.67. The van der Waals surface area contributed by atoms with Crippen LogP contribution in [-0.4, -0.2) is 38.3 Å². The van der Waals surface area contributed by atoms with Gasteiger partial charge in [-0.3, -0.25) is 0 Å². The van der Waals surface area contributed by atoms with Crippen LogP contribution in [0.5, 0.6) is 0 Å². The zero-order chi connectivity index (χ0) is 13.5. The van der Waals surface area contributed by atoms with E-state index in [-0.39, 0.29) is 6.10 Å². The third-order valence-corrected chi connectivity index (χ3v) is 3.70. The molecule has 0 saturated heterocycles. The summed E-state index contributed by atoms with van der Waals surface area (Å²) in [6.07, 6.45) is 2.53. The summed E-state index contributed by atoms with van der Waals surface area (Å²) in [6.45, 7) is 7.03. The highest BCUT2D eigenvalue weighted by Crippen LogP contribution is 2.32. The van der Waals surface area contributed by atoms with Crippen LogP contribution in [0.3, 0.4) is 0 Å². The molecule has 1 heterocycles. The lowest BCUT2D eigenvalue weighted by Crippen LogP contribution is -2.30. The van der Waals surface area contributed by atoms with E-state index in [0.717, 1.165) is 39.3 Å². The largest absolute Gasteiger partial charge is 0.383 e. The molecule has 0 amide bonds. The van der Waals surface area contributed by atoms with E-state index in [4.69, 9.17) is 9.47 Å². The lowest BCUT2D eigenvalue weighted by Gasteiger charge is -2.23. The van der Waals surface area contributed by atoms with E-state index in [0.29, 0.717) is 0 Å². The van der Waals surface area contributed by atoms with Crippen molar-refractivity contribution in [2.24, 2.45) is 0 Å². The molecule has 1 aliphatic heterocycles. The summed E-state index contributed by atoms with van der Waals surface area (Å²) in [6, 6.07) is 8.57. The molecule has 0 aromatic heterocycles. The molecule has 106 valence electrons. The molecule has 0 aliphatic carbocycles. The molecule has 0 N–H and O–H groups in total. The van der Waals surface area contributed by atoms with E-state index in [2.05, 4.69) is 36.1 Å². The van der Waals surface area contributed by atoms with Gasteiger partial charge in [0.2, 0.25) is 0 Å². The first-order chi connectivity index (χ1) is 9.35. The SMILES string of the molecule is CCCN(CCOC)CCC1OCc2ccccc21. The molecule has 0 radical (unpaired) electrons. The van der Waals surface area contributed by atoms with Gasteiger partial charge in [0.25, 0.3) is 0 Å². The van der Waals surface area contributed by atoms with Crippen molar-refractivity contribution in [2.45, 2.75) is 32.5 Å². The number of methoxy groups -OCH3 is 1. The standard InChI is InChI=1S/C16H25NO2/c1-3-9-17(11-12-18-2)10-8-16-15-7-5-4-6-14(15)13-19-16/h4-7,16H,3,8-13H2,1-2H3. The van der Waals surface area contributed by atoms with Crippen LogP contribution in [-0.2, 0) is 16.1 Å². The Morgan fingerprint density at radius 3 is 2.89 bits per heavy atom. The molecular weight excluding hydrogens is 238 g/mol. The number of hydrogen-bond donors (Lipinski definition) is 0. The Bertz CT molecular complexity index is 381. The van der Waals surface area contributed by atoms with Crippen molar-refractivity contribution in [3.05, 3.63) is 35.4 Å². The highest BCUT2D eigenvalue weighted by atomic mass is 16.5. The minimum absolute atomic E-state index is 0.276. The Hall–Kier alpha value is -0.900. The van der Waals surface area contributed by atoms with Crippen molar-refractivity contribution in [3.8, 4) is 0 Å². The van der Waals surface area contributed by atoms with Gasteiger partial charge in [-0.15, -0.1) is 0 Å². The maximum atomic E-state index is 5.90. The third-order valence-electron chi connectivity index (χ3n) is 3.70. The number of nitrogens with zero attached hydrogens (tertiary/aromatic N) is 1. The van der Waals surface area contributed by atoms with E-state index >= 15 is 0 Å². The van der Waals surface area contributed by atoms with E-state index < -0.39 is 0 Å². The van der Waals surface area contributed by atoms with Gasteiger partial charge in [0.05, 0.1) is 19.3 Å². The van der Waals surface area contributed by atoms with Gasteiger partial charge in [0, 0.05) is 20.2 Å². The molecule has 1 aliphatic rings. The average Bonchev–Trinajstić information content (AvgIpc) is 2.85. The fourth-order valence-corrected chi connectivity index (χ4v) is 2.67. The van der Waals surface area contributed by atoms with E-state index in [1.54, 1.807) is 7.11 Å². The van der Waals surface area contributed by atoms with E-state index in [1.165, 1.54) is 17.5 Å². The highest BCUT2D eigenvalue weighted by Gasteiger charge is 2.22.